The number of benzene rings is 1. The van der Waals surface area contributed by atoms with Gasteiger partial charge in [-0.2, -0.15) is 5.26 Å². The number of hydrogen-bond acceptors (Lipinski definition) is 3. The molecule has 0 aliphatic carbocycles. The Morgan fingerprint density at radius 1 is 1.16 bits per heavy atom. The Labute approximate surface area is 110 Å². The SMILES string of the molecule is N#Cc1cc(F)c(-c2c(F)ccc(F)c2O)nc1Cl. The number of phenolic OH excluding ortho intramolecular Hbond substituents is 1. The highest BCUT2D eigenvalue weighted by atomic mass is 35.5. The van der Waals surface area contributed by atoms with Crippen molar-refractivity contribution < 1.29 is 18.3 Å². The normalized spacial score (nSPS) is 10.3. The van der Waals surface area contributed by atoms with Gasteiger partial charge in [0.25, 0.3) is 0 Å². The first-order valence-electron chi connectivity index (χ1n) is 4.89. The van der Waals surface area contributed by atoms with Gasteiger partial charge in [-0.1, -0.05) is 11.6 Å². The molecule has 0 aliphatic rings. The zero-order chi connectivity index (χ0) is 14.2. The number of aromatic nitrogens is 1. The van der Waals surface area contributed by atoms with Crippen molar-refractivity contribution in [2.45, 2.75) is 0 Å². The van der Waals surface area contributed by atoms with Crippen LogP contribution in [0.1, 0.15) is 5.56 Å². The Morgan fingerprint density at radius 3 is 2.42 bits per heavy atom. The van der Waals surface area contributed by atoms with Crippen molar-refractivity contribution in [2.75, 3.05) is 0 Å². The van der Waals surface area contributed by atoms with Crippen molar-refractivity contribution in [2.24, 2.45) is 0 Å². The topological polar surface area (TPSA) is 56.9 Å². The quantitative estimate of drug-likeness (QED) is 0.817. The predicted molar refractivity (Wildman–Crippen MR) is 60.9 cm³/mol. The van der Waals surface area contributed by atoms with Crippen molar-refractivity contribution in [3.05, 3.63) is 46.4 Å². The molecule has 2 rings (SSSR count). The average molecular weight is 285 g/mol. The molecule has 1 N–H and O–H groups in total. The summed E-state index contributed by atoms with van der Waals surface area (Å²) in [7, 11) is 0. The fourth-order valence-electron chi connectivity index (χ4n) is 1.49. The summed E-state index contributed by atoms with van der Waals surface area (Å²) >= 11 is 5.60. The van der Waals surface area contributed by atoms with Gasteiger partial charge in [-0.3, -0.25) is 0 Å². The lowest BCUT2D eigenvalue weighted by atomic mass is 10.1. The molecule has 1 aromatic heterocycles. The molecule has 0 amide bonds. The van der Waals surface area contributed by atoms with E-state index in [9.17, 15) is 18.3 Å². The number of rotatable bonds is 1. The van der Waals surface area contributed by atoms with Crippen LogP contribution in [-0.4, -0.2) is 10.1 Å². The summed E-state index contributed by atoms with van der Waals surface area (Å²) in [4.78, 5) is 3.48. The van der Waals surface area contributed by atoms with Crippen molar-refractivity contribution in [3.63, 3.8) is 0 Å². The molecule has 2 aromatic rings. The number of phenols is 1. The lowest BCUT2D eigenvalue weighted by molar-refractivity contribution is 0.428. The van der Waals surface area contributed by atoms with Gasteiger partial charge in [0.05, 0.1) is 11.1 Å². The first kappa shape index (κ1) is 13.2. The molecule has 7 heteroatoms. The third kappa shape index (κ3) is 2.20. The van der Waals surface area contributed by atoms with Gasteiger partial charge in [0.2, 0.25) is 0 Å². The van der Waals surface area contributed by atoms with Crippen LogP contribution in [0.4, 0.5) is 13.2 Å². The smallest absolute Gasteiger partial charge is 0.165 e. The van der Waals surface area contributed by atoms with E-state index >= 15 is 0 Å². The maximum absolute atomic E-state index is 13.7. The summed E-state index contributed by atoms with van der Waals surface area (Å²) in [6, 6.07) is 3.73. The van der Waals surface area contributed by atoms with Crippen LogP contribution in [0.15, 0.2) is 18.2 Å². The Kier molecular flexibility index (Phi) is 3.32. The Morgan fingerprint density at radius 2 is 1.79 bits per heavy atom. The van der Waals surface area contributed by atoms with E-state index in [1.807, 2.05) is 0 Å². The Bertz CT molecular complexity index is 713. The van der Waals surface area contributed by atoms with Crippen molar-refractivity contribution in [1.82, 2.24) is 4.98 Å². The van der Waals surface area contributed by atoms with Crippen LogP contribution in [-0.2, 0) is 0 Å². The average Bonchev–Trinajstić information content (AvgIpc) is 2.38. The van der Waals surface area contributed by atoms with Gasteiger partial charge in [0.15, 0.2) is 17.4 Å². The number of nitrogens with zero attached hydrogens (tertiary/aromatic N) is 2. The molecule has 0 spiro atoms. The van der Waals surface area contributed by atoms with Crippen LogP contribution >= 0.6 is 11.6 Å². The fourth-order valence-corrected chi connectivity index (χ4v) is 1.67. The highest BCUT2D eigenvalue weighted by Gasteiger charge is 2.21. The van der Waals surface area contributed by atoms with Gasteiger partial charge in [-0.05, 0) is 18.2 Å². The first-order chi connectivity index (χ1) is 8.95. The molecule has 0 saturated heterocycles. The van der Waals surface area contributed by atoms with E-state index in [1.54, 1.807) is 6.07 Å². The predicted octanol–water partition coefficient (Wildman–Crippen LogP) is 3.40. The molecule has 1 aromatic carbocycles. The summed E-state index contributed by atoms with van der Waals surface area (Å²) < 4.78 is 40.5. The van der Waals surface area contributed by atoms with E-state index in [4.69, 9.17) is 16.9 Å². The minimum atomic E-state index is -1.13. The van der Waals surface area contributed by atoms with Crippen molar-refractivity contribution in [1.29, 1.82) is 5.26 Å². The van der Waals surface area contributed by atoms with Gasteiger partial charge in [0.1, 0.15) is 22.7 Å². The largest absolute Gasteiger partial charge is 0.504 e. The van der Waals surface area contributed by atoms with Gasteiger partial charge < -0.3 is 5.11 Å². The minimum Gasteiger partial charge on any atom is -0.504 e. The molecule has 0 fully saturated rings. The standard InChI is InChI=1S/C12H4ClF3N2O/c13-12-5(4-17)3-8(16)10(18-12)9-6(14)1-2-7(15)11(9)19/h1-3,19H. The lowest BCUT2D eigenvalue weighted by Gasteiger charge is -2.08. The van der Waals surface area contributed by atoms with Crippen molar-refractivity contribution >= 4 is 11.6 Å². The molecule has 0 bridgehead atoms. The number of pyridine rings is 1. The first-order valence-corrected chi connectivity index (χ1v) is 5.27. The highest BCUT2D eigenvalue weighted by Crippen LogP contribution is 2.35. The van der Waals surface area contributed by atoms with E-state index < -0.39 is 34.5 Å². The molecule has 0 aliphatic heterocycles. The number of aromatic hydroxyl groups is 1. The zero-order valence-corrected chi connectivity index (χ0v) is 9.84. The third-order valence-electron chi connectivity index (χ3n) is 2.36. The summed E-state index contributed by atoms with van der Waals surface area (Å²) in [5, 5.41) is 17.7. The second-order valence-electron chi connectivity index (χ2n) is 3.52. The molecule has 0 saturated carbocycles. The second kappa shape index (κ2) is 4.78. The highest BCUT2D eigenvalue weighted by molar-refractivity contribution is 6.30. The van der Waals surface area contributed by atoms with E-state index in [2.05, 4.69) is 4.98 Å². The third-order valence-corrected chi connectivity index (χ3v) is 2.65. The molecule has 19 heavy (non-hydrogen) atoms. The number of hydrogen-bond donors (Lipinski definition) is 1. The second-order valence-corrected chi connectivity index (χ2v) is 3.88. The maximum Gasteiger partial charge on any atom is 0.165 e. The number of nitriles is 1. The van der Waals surface area contributed by atoms with Crippen LogP contribution in [0.5, 0.6) is 5.75 Å². The van der Waals surface area contributed by atoms with Crippen LogP contribution < -0.4 is 0 Å². The Balaban J connectivity index is 2.77. The molecular formula is C12H4ClF3N2O. The molecule has 3 nitrogen and oxygen atoms in total. The van der Waals surface area contributed by atoms with Gasteiger partial charge in [-0.25, -0.2) is 18.2 Å². The molecular weight excluding hydrogens is 281 g/mol. The summed E-state index contributed by atoms with van der Waals surface area (Å²) in [6.45, 7) is 0. The van der Waals surface area contributed by atoms with Crippen LogP contribution in [0.2, 0.25) is 5.15 Å². The molecule has 0 unspecified atom stereocenters. The summed E-state index contributed by atoms with van der Waals surface area (Å²) in [5.41, 5.74) is -1.67. The van der Waals surface area contributed by atoms with Gasteiger partial charge in [0, 0.05) is 0 Å². The van der Waals surface area contributed by atoms with Gasteiger partial charge in [-0.15, -0.1) is 0 Å². The van der Waals surface area contributed by atoms with Crippen LogP contribution in [0.3, 0.4) is 0 Å². The molecule has 0 radical (unpaired) electrons. The summed E-state index contributed by atoms with van der Waals surface area (Å²) in [5.74, 6) is -4.36. The molecule has 96 valence electrons. The molecule has 1 heterocycles. The lowest BCUT2D eigenvalue weighted by Crippen LogP contribution is -1.97. The zero-order valence-electron chi connectivity index (χ0n) is 9.09. The minimum absolute atomic E-state index is 0.251. The van der Waals surface area contributed by atoms with Crippen LogP contribution in [0.25, 0.3) is 11.3 Å². The van der Waals surface area contributed by atoms with Gasteiger partial charge >= 0.3 is 0 Å². The fraction of sp³-hybridized carbons (Fsp3) is 0. The van der Waals surface area contributed by atoms with Crippen molar-refractivity contribution in [3.8, 4) is 23.1 Å². The Hall–Kier alpha value is -2.26. The molecule has 0 atom stereocenters. The number of halogens is 4. The maximum atomic E-state index is 13.7. The van der Waals surface area contributed by atoms with E-state index in [0.29, 0.717) is 6.07 Å². The van der Waals surface area contributed by atoms with E-state index in [-0.39, 0.29) is 10.7 Å². The monoisotopic (exact) mass is 284 g/mol. The van der Waals surface area contributed by atoms with E-state index in [0.717, 1.165) is 12.1 Å². The van der Waals surface area contributed by atoms with E-state index in [1.165, 1.54) is 0 Å². The van der Waals surface area contributed by atoms with Crippen LogP contribution in [0, 0.1) is 28.8 Å². The summed E-state index contributed by atoms with van der Waals surface area (Å²) in [6.07, 6.45) is 0.